The molecule has 1 fully saturated rings. The quantitative estimate of drug-likeness (QED) is 0.302. The molecule has 0 spiro atoms. The molecule has 0 unspecified atom stereocenters. The fourth-order valence-electron chi connectivity index (χ4n) is 5.03. The fourth-order valence-corrected chi connectivity index (χ4v) is 5.03. The Morgan fingerprint density at radius 2 is 1.77 bits per heavy atom. The minimum atomic E-state index is -0.861. The summed E-state index contributed by atoms with van der Waals surface area (Å²) in [6, 6.07) is 14.0. The number of aliphatic carboxylic acids is 1. The maximum absolute atomic E-state index is 11.7. The van der Waals surface area contributed by atoms with E-state index < -0.39 is 5.97 Å². The van der Waals surface area contributed by atoms with Gasteiger partial charge in [-0.1, -0.05) is 44.2 Å². The highest BCUT2D eigenvalue weighted by Crippen LogP contribution is 2.39. The molecule has 0 radical (unpaired) electrons. The zero-order valence-electron chi connectivity index (χ0n) is 22.8. The minimum absolute atomic E-state index is 0.0670. The lowest BCUT2D eigenvalue weighted by atomic mass is 9.82. The predicted octanol–water partition coefficient (Wildman–Crippen LogP) is 5.65. The Hall–Kier alpha value is -4.20. The summed E-state index contributed by atoms with van der Waals surface area (Å²) in [7, 11) is 0. The van der Waals surface area contributed by atoms with Crippen LogP contribution in [-0.2, 0) is 17.8 Å². The molecule has 1 aromatic carbocycles. The van der Waals surface area contributed by atoms with Gasteiger partial charge in [0.15, 0.2) is 0 Å². The smallest absolute Gasteiger partial charge is 0.307 e. The molecule has 0 amide bonds. The minimum Gasteiger partial charge on any atom is -0.490 e. The van der Waals surface area contributed by atoms with Gasteiger partial charge in [-0.15, -0.1) is 0 Å². The van der Waals surface area contributed by atoms with Crippen molar-refractivity contribution in [2.45, 2.75) is 46.6 Å². The van der Waals surface area contributed by atoms with E-state index in [0.717, 1.165) is 65.3 Å². The van der Waals surface area contributed by atoms with Crippen molar-refractivity contribution in [3.8, 4) is 28.1 Å². The molecule has 0 saturated carbocycles. The Labute approximate surface area is 229 Å². The third kappa shape index (κ3) is 6.28. The number of rotatable bonds is 9. The summed E-state index contributed by atoms with van der Waals surface area (Å²) in [6.07, 6.45) is 9.44. The topological polar surface area (TPSA) is 93.4 Å². The van der Waals surface area contributed by atoms with Gasteiger partial charge in [0.1, 0.15) is 12.4 Å². The maximum atomic E-state index is 11.7. The summed E-state index contributed by atoms with van der Waals surface area (Å²) < 4.78 is 7.83. The van der Waals surface area contributed by atoms with Gasteiger partial charge >= 0.3 is 5.97 Å². The van der Waals surface area contributed by atoms with E-state index in [9.17, 15) is 9.90 Å². The molecule has 39 heavy (non-hydrogen) atoms. The molecule has 1 aliphatic rings. The number of piperidine rings is 1. The number of nitrogens with zero attached hydrogens (tertiary/aromatic N) is 5. The third-order valence-electron chi connectivity index (χ3n) is 7.47. The van der Waals surface area contributed by atoms with Crippen molar-refractivity contribution in [3.05, 3.63) is 78.5 Å². The zero-order valence-corrected chi connectivity index (χ0v) is 22.8. The summed E-state index contributed by atoms with van der Waals surface area (Å²) in [5.74, 6) is -0.193. The van der Waals surface area contributed by atoms with Gasteiger partial charge in [0, 0.05) is 47.9 Å². The molecule has 3 aromatic heterocycles. The molecular weight excluding hydrogens is 490 g/mol. The number of anilines is 1. The second kappa shape index (κ2) is 11.3. The van der Waals surface area contributed by atoms with Gasteiger partial charge < -0.3 is 14.7 Å². The summed E-state index contributed by atoms with van der Waals surface area (Å²) in [5, 5.41) is 14.1. The molecule has 8 heteroatoms. The lowest BCUT2D eigenvalue weighted by Crippen LogP contribution is -2.38. The summed E-state index contributed by atoms with van der Waals surface area (Å²) >= 11 is 0. The first-order chi connectivity index (χ1) is 18.8. The Morgan fingerprint density at radius 3 is 2.46 bits per heavy atom. The van der Waals surface area contributed by atoms with E-state index in [4.69, 9.17) is 9.72 Å². The Kier molecular flexibility index (Phi) is 7.63. The normalized spacial score (nSPS) is 14.8. The number of hydrogen-bond donors (Lipinski definition) is 1. The highest BCUT2D eigenvalue weighted by Gasteiger charge is 2.29. The Balaban J connectivity index is 1.31. The Morgan fingerprint density at radius 1 is 1.00 bits per heavy atom. The molecule has 0 bridgehead atoms. The number of hydrogen-bond acceptors (Lipinski definition) is 6. The van der Waals surface area contributed by atoms with Crippen LogP contribution < -0.4 is 9.64 Å². The molecule has 0 aliphatic carbocycles. The van der Waals surface area contributed by atoms with Crippen LogP contribution in [0.1, 0.15) is 37.9 Å². The van der Waals surface area contributed by atoms with Crippen LogP contribution in [0.3, 0.4) is 0 Å². The highest BCUT2D eigenvalue weighted by atomic mass is 16.5. The van der Waals surface area contributed by atoms with Crippen LogP contribution >= 0.6 is 0 Å². The van der Waals surface area contributed by atoms with Crippen molar-refractivity contribution >= 4 is 11.7 Å². The number of carboxylic acids is 1. The van der Waals surface area contributed by atoms with Crippen LogP contribution in [0, 0.1) is 12.3 Å². The van der Waals surface area contributed by atoms with E-state index in [-0.39, 0.29) is 11.8 Å². The molecule has 1 saturated heterocycles. The highest BCUT2D eigenvalue weighted by molar-refractivity contribution is 5.83. The van der Waals surface area contributed by atoms with Crippen LogP contribution in [0.4, 0.5) is 5.69 Å². The van der Waals surface area contributed by atoms with E-state index in [2.05, 4.69) is 41.0 Å². The van der Waals surface area contributed by atoms with E-state index in [1.54, 1.807) is 6.20 Å². The van der Waals surface area contributed by atoms with E-state index >= 15 is 0 Å². The van der Waals surface area contributed by atoms with Crippen LogP contribution in [-0.4, -0.2) is 50.5 Å². The first-order valence-corrected chi connectivity index (χ1v) is 13.4. The van der Waals surface area contributed by atoms with E-state index in [1.165, 1.54) is 0 Å². The largest absolute Gasteiger partial charge is 0.490 e. The van der Waals surface area contributed by atoms with Crippen molar-refractivity contribution in [2.24, 2.45) is 5.41 Å². The molecule has 4 heterocycles. The van der Waals surface area contributed by atoms with E-state index in [1.807, 2.05) is 60.5 Å². The number of benzene rings is 1. The number of aryl methyl sites for hydroxylation is 1. The summed E-state index contributed by atoms with van der Waals surface area (Å²) in [5.41, 5.74) is 6.54. The maximum Gasteiger partial charge on any atom is 0.307 e. The molecule has 1 aliphatic heterocycles. The molecule has 5 rings (SSSR count). The number of carbonyl (C=O) groups is 1. The SMILES string of the molecule is Cc1ncc(-c2ccc(OCCn3cc(-c4ccccc4)cn3)cn2)c(N2CCC(C)(C)CC2)c1CC(=O)O. The fraction of sp³-hybridized carbons (Fsp3) is 0.355. The van der Waals surface area contributed by atoms with Gasteiger partial charge in [-0.25, -0.2) is 0 Å². The van der Waals surface area contributed by atoms with Crippen LogP contribution in [0.25, 0.3) is 22.4 Å². The number of pyridine rings is 2. The first kappa shape index (κ1) is 26.4. The second-order valence-corrected chi connectivity index (χ2v) is 10.9. The van der Waals surface area contributed by atoms with Gasteiger partial charge in [0.25, 0.3) is 0 Å². The van der Waals surface area contributed by atoms with Crippen molar-refractivity contribution in [2.75, 3.05) is 24.6 Å². The monoisotopic (exact) mass is 525 g/mol. The lowest BCUT2D eigenvalue weighted by Gasteiger charge is -2.40. The molecule has 1 N–H and O–H groups in total. The van der Waals surface area contributed by atoms with Crippen molar-refractivity contribution < 1.29 is 14.6 Å². The average Bonchev–Trinajstić information content (AvgIpc) is 3.40. The Bertz CT molecular complexity index is 1420. The number of aromatic nitrogens is 4. The first-order valence-electron chi connectivity index (χ1n) is 13.4. The lowest BCUT2D eigenvalue weighted by molar-refractivity contribution is -0.136. The van der Waals surface area contributed by atoms with Crippen LogP contribution in [0.15, 0.2) is 67.3 Å². The third-order valence-corrected chi connectivity index (χ3v) is 7.47. The standard InChI is InChI=1S/C31H35N5O3/c1-22-26(17-29(37)38)30(35-13-11-31(2,3)12-14-35)27(20-32-22)28-10-9-25(19-33-28)39-16-15-36-21-24(18-34-36)23-7-5-4-6-8-23/h4-10,18-21H,11-17H2,1-3H3,(H,37,38). The zero-order chi connectivity index (χ0) is 27.4. The van der Waals surface area contributed by atoms with Crippen LogP contribution in [0.2, 0.25) is 0 Å². The van der Waals surface area contributed by atoms with Crippen molar-refractivity contribution in [1.29, 1.82) is 0 Å². The molecule has 8 nitrogen and oxygen atoms in total. The summed E-state index contributed by atoms with van der Waals surface area (Å²) in [4.78, 5) is 23.3. The molecular formula is C31H35N5O3. The summed E-state index contributed by atoms with van der Waals surface area (Å²) in [6.45, 7) is 9.27. The van der Waals surface area contributed by atoms with Crippen molar-refractivity contribution in [1.82, 2.24) is 19.7 Å². The van der Waals surface area contributed by atoms with Crippen molar-refractivity contribution in [3.63, 3.8) is 0 Å². The molecule has 0 atom stereocenters. The molecule has 4 aromatic rings. The average molecular weight is 526 g/mol. The van der Waals surface area contributed by atoms with Gasteiger partial charge in [-0.3, -0.25) is 19.4 Å². The number of ether oxygens (including phenoxy) is 1. The van der Waals surface area contributed by atoms with Gasteiger partial charge in [-0.2, -0.15) is 5.10 Å². The predicted molar refractivity (Wildman–Crippen MR) is 152 cm³/mol. The van der Waals surface area contributed by atoms with Crippen LogP contribution in [0.5, 0.6) is 5.75 Å². The molecule has 202 valence electrons. The van der Waals surface area contributed by atoms with Gasteiger partial charge in [0.05, 0.1) is 36.7 Å². The van der Waals surface area contributed by atoms with Gasteiger partial charge in [-0.05, 0) is 42.9 Å². The number of carboxylic acid groups (broad SMARTS) is 1. The second-order valence-electron chi connectivity index (χ2n) is 10.9. The van der Waals surface area contributed by atoms with Gasteiger partial charge in [0.2, 0.25) is 0 Å². The van der Waals surface area contributed by atoms with E-state index in [0.29, 0.717) is 18.9 Å².